The molecule has 0 saturated carbocycles. The fraction of sp³-hybridized carbons (Fsp3) is 0.0714. The van der Waals surface area contributed by atoms with E-state index in [-0.39, 0.29) is 12.3 Å². The second-order valence-electron chi connectivity index (χ2n) is 4.00. The molecular formula is C14H12N4O. The topological polar surface area (TPSA) is 91.8 Å². The lowest BCUT2D eigenvalue weighted by atomic mass is 10.2. The number of rotatable bonds is 3. The number of hydrogen-bond acceptors (Lipinski definition) is 4. The molecule has 3 N–H and O–H groups in total. The predicted octanol–water partition coefficient (Wildman–Crippen LogP) is 1.72. The highest BCUT2D eigenvalue weighted by molar-refractivity contribution is 5.92. The maximum atomic E-state index is 11.8. The van der Waals surface area contributed by atoms with Gasteiger partial charge in [-0.25, -0.2) is 0 Å². The van der Waals surface area contributed by atoms with Gasteiger partial charge < -0.3 is 11.1 Å². The van der Waals surface area contributed by atoms with Gasteiger partial charge in [0.2, 0.25) is 5.91 Å². The Morgan fingerprint density at radius 3 is 2.89 bits per heavy atom. The van der Waals surface area contributed by atoms with E-state index in [9.17, 15) is 4.79 Å². The summed E-state index contributed by atoms with van der Waals surface area (Å²) in [5.41, 5.74) is 7.82. The minimum atomic E-state index is -0.188. The largest absolute Gasteiger partial charge is 0.397 e. The van der Waals surface area contributed by atoms with E-state index in [4.69, 9.17) is 11.0 Å². The molecule has 0 atom stereocenters. The molecule has 0 aliphatic heterocycles. The first-order valence-corrected chi connectivity index (χ1v) is 5.68. The molecule has 2 rings (SSSR count). The van der Waals surface area contributed by atoms with Crippen LogP contribution >= 0.6 is 0 Å². The summed E-state index contributed by atoms with van der Waals surface area (Å²) >= 11 is 0. The van der Waals surface area contributed by atoms with Crippen molar-refractivity contribution in [3.8, 4) is 6.07 Å². The number of nitrogen functional groups attached to an aromatic ring is 1. The maximum Gasteiger partial charge on any atom is 0.230 e. The van der Waals surface area contributed by atoms with Gasteiger partial charge >= 0.3 is 0 Å². The molecule has 0 unspecified atom stereocenters. The van der Waals surface area contributed by atoms with Crippen LogP contribution in [0.5, 0.6) is 0 Å². The first-order valence-electron chi connectivity index (χ1n) is 5.68. The van der Waals surface area contributed by atoms with Crippen molar-refractivity contribution in [3.63, 3.8) is 0 Å². The molecule has 0 spiro atoms. The summed E-state index contributed by atoms with van der Waals surface area (Å²) in [5.74, 6) is -0.188. The number of hydrogen-bond donors (Lipinski definition) is 2. The van der Waals surface area contributed by atoms with Crippen molar-refractivity contribution in [2.24, 2.45) is 0 Å². The van der Waals surface area contributed by atoms with Gasteiger partial charge in [0, 0.05) is 11.4 Å². The molecule has 0 bridgehead atoms. The number of nitriles is 1. The number of pyridine rings is 1. The lowest BCUT2D eigenvalue weighted by molar-refractivity contribution is -0.115. The maximum absolute atomic E-state index is 11.8. The SMILES string of the molecule is N#Cc1cccc(NC(=O)Cc2ccc(N)cn2)c1. The zero-order chi connectivity index (χ0) is 13.7. The van der Waals surface area contributed by atoms with Crippen molar-refractivity contribution >= 4 is 17.3 Å². The Balaban J connectivity index is 2.01. The number of aromatic nitrogens is 1. The molecule has 5 nitrogen and oxygen atoms in total. The number of anilines is 2. The third-order valence-electron chi connectivity index (χ3n) is 2.46. The van der Waals surface area contributed by atoms with Crippen LogP contribution in [0, 0.1) is 11.3 Å². The van der Waals surface area contributed by atoms with Gasteiger partial charge in [0.1, 0.15) is 0 Å². The number of nitrogens with one attached hydrogen (secondary N) is 1. The molecule has 5 heteroatoms. The van der Waals surface area contributed by atoms with Crippen LogP contribution in [0.25, 0.3) is 0 Å². The van der Waals surface area contributed by atoms with Gasteiger partial charge in [-0.1, -0.05) is 6.07 Å². The Morgan fingerprint density at radius 2 is 2.21 bits per heavy atom. The molecule has 0 fully saturated rings. The lowest BCUT2D eigenvalue weighted by Gasteiger charge is -2.05. The van der Waals surface area contributed by atoms with Gasteiger partial charge in [0.05, 0.1) is 29.9 Å². The third kappa shape index (κ3) is 3.54. The van der Waals surface area contributed by atoms with Gasteiger partial charge in [-0.3, -0.25) is 9.78 Å². The molecule has 1 heterocycles. The normalized spacial score (nSPS) is 9.63. The van der Waals surface area contributed by atoms with E-state index in [1.165, 1.54) is 6.20 Å². The van der Waals surface area contributed by atoms with E-state index in [1.54, 1.807) is 36.4 Å². The van der Waals surface area contributed by atoms with Crippen molar-refractivity contribution in [1.29, 1.82) is 5.26 Å². The molecule has 1 amide bonds. The highest BCUT2D eigenvalue weighted by Crippen LogP contribution is 2.10. The van der Waals surface area contributed by atoms with Gasteiger partial charge in [0.25, 0.3) is 0 Å². The van der Waals surface area contributed by atoms with E-state index in [0.717, 1.165) is 0 Å². The average Bonchev–Trinajstić information content (AvgIpc) is 2.41. The number of benzene rings is 1. The summed E-state index contributed by atoms with van der Waals surface area (Å²) in [6, 6.07) is 12.2. The van der Waals surface area contributed by atoms with Crippen molar-refractivity contribution in [3.05, 3.63) is 53.9 Å². The van der Waals surface area contributed by atoms with Gasteiger partial charge in [-0.05, 0) is 30.3 Å². The van der Waals surface area contributed by atoms with Gasteiger partial charge in [0.15, 0.2) is 0 Å². The molecule has 0 saturated heterocycles. The van der Waals surface area contributed by atoms with Crippen LogP contribution in [0.15, 0.2) is 42.6 Å². The quantitative estimate of drug-likeness (QED) is 0.869. The zero-order valence-corrected chi connectivity index (χ0v) is 10.1. The van der Waals surface area contributed by atoms with Crippen LogP contribution in [-0.4, -0.2) is 10.9 Å². The Labute approximate surface area is 110 Å². The highest BCUT2D eigenvalue weighted by Gasteiger charge is 2.05. The molecule has 0 radical (unpaired) electrons. The number of nitrogens with zero attached hydrogens (tertiary/aromatic N) is 2. The highest BCUT2D eigenvalue weighted by atomic mass is 16.1. The molecule has 1 aromatic carbocycles. The number of carbonyl (C=O) groups is 1. The Morgan fingerprint density at radius 1 is 1.37 bits per heavy atom. The second-order valence-corrected chi connectivity index (χ2v) is 4.00. The summed E-state index contributed by atoms with van der Waals surface area (Å²) in [6.45, 7) is 0. The second kappa shape index (κ2) is 5.65. The third-order valence-corrected chi connectivity index (χ3v) is 2.46. The Kier molecular flexibility index (Phi) is 3.74. The van der Waals surface area contributed by atoms with Crippen LogP contribution in [0.4, 0.5) is 11.4 Å². The van der Waals surface area contributed by atoms with Crippen molar-refractivity contribution in [1.82, 2.24) is 4.98 Å². The van der Waals surface area contributed by atoms with Crippen molar-refractivity contribution in [2.45, 2.75) is 6.42 Å². The number of amides is 1. The Hall–Kier alpha value is -2.87. The summed E-state index contributed by atoms with van der Waals surface area (Å²) in [5, 5.41) is 11.5. The monoisotopic (exact) mass is 252 g/mol. The minimum absolute atomic E-state index is 0.164. The molecular weight excluding hydrogens is 240 g/mol. The summed E-state index contributed by atoms with van der Waals surface area (Å²) in [7, 11) is 0. The van der Waals surface area contributed by atoms with E-state index in [1.807, 2.05) is 6.07 Å². The molecule has 0 aliphatic rings. The fourth-order valence-electron chi connectivity index (χ4n) is 1.58. The van der Waals surface area contributed by atoms with Crippen LogP contribution in [0.3, 0.4) is 0 Å². The lowest BCUT2D eigenvalue weighted by Crippen LogP contribution is -2.15. The standard InChI is InChI=1S/C14H12N4O/c15-8-10-2-1-3-13(6-10)18-14(19)7-12-5-4-11(16)9-17-12/h1-6,9H,7,16H2,(H,18,19). The Bertz CT molecular complexity index is 629. The van der Waals surface area contributed by atoms with E-state index < -0.39 is 0 Å². The van der Waals surface area contributed by atoms with E-state index >= 15 is 0 Å². The molecule has 19 heavy (non-hydrogen) atoms. The average molecular weight is 252 g/mol. The molecule has 94 valence electrons. The van der Waals surface area contributed by atoms with Crippen LogP contribution in [0.1, 0.15) is 11.3 Å². The predicted molar refractivity (Wildman–Crippen MR) is 72.1 cm³/mol. The minimum Gasteiger partial charge on any atom is -0.397 e. The first-order chi connectivity index (χ1) is 9.17. The summed E-state index contributed by atoms with van der Waals surface area (Å²) in [6.07, 6.45) is 1.68. The van der Waals surface area contributed by atoms with Crippen LogP contribution < -0.4 is 11.1 Å². The first kappa shape index (κ1) is 12.6. The molecule has 1 aromatic heterocycles. The van der Waals surface area contributed by atoms with E-state index in [2.05, 4.69) is 10.3 Å². The number of nitrogens with two attached hydrogens (primary N) is 1. The fourth-order valence-corrected chi connectivity index (χ4v) is 1.58. The van der Waals surface area contributed by atoms with Gasteiger partial charge in [-0.15, -0.1) is 0 Å². The van der Waals surface area contributed by atoms with Crippen molar-refractivity contribution < 1.29 is 4.79 Å². The summed E-state index contributed by atoms with van der Waals surface area (Å²) < 4.78 is 0. The smallest absolute Gasteiger partial charge is 0.230 e. The number of carbonyl (C=O) groups excluding carboxylic acids is 1. The molecule has 0 aliphatic carbocycles. The van der Waals surface area contributed by atoms with E-state index in [0.29, 0.717) is 22.6 Å². The zero-order valence-electron chi connectivity index (χ0n) is 10.1. The van der Waals surface area contributed by atoms with Crippen molar-refractivity contribution in [2.75, 3.05) is 11.1 Å². The van der Waals surface area contributed by atoms with Crippen LogP contribution in [0.2, 0.25) is 0 Å². The summed E-state index contributed by atoms with van der Waals surface area (Å²) in [4.78, 5) is 15.9. The molecule has 2 aromatic rings. The van der Waals surface area contributed by atoms with Gasteiger partial charge in [-0.2, -0.15) is 5.26 Å². The van der Waals surface area contributed by atoms with Crippen LogP contribution in [-0.2, 0) is 11.2 Å².